The lowest BCUT2D eigenvalue weighted by Gasteiger charge is -2.10. The van der Waals surface area contributed by atoms with E-state index in [0.717, 1.165) is 0 Å². The van der Waals surface area contributed by atoms with Crippen LogP contribution in [0.3, 0.4) is 0 Å². The Morgan fingerprint density at radius 2 is 2.18 bits per heavy atom. The fourth-order valence-corrected chi connectivity index (χ4v) is 0.666. The third kappa shape index (κ3) is 5.94. The van der Waals surface area contributed by atoms with Crippen molar-refractivity contribution in [3.05, 3.63) is 12.2 Å². The molecule has 0 bridgehead atoms. The van der Waals surface area contributed by atoms with Gasteiger partial charge in [-0.25, -0.2) is 8.78 Å². The summed E-state index contributed by atoms with van der Waals surface area (Å²) < 4.78 is 23.2. The molecule has 0 heterocycles. The van der Waals surface area contributed by atoms with Gasteiger partial charge in [0, 0.05) is 6.04 Å². The Morgan fingerprint density at radius 3 is 2.55 bits per heavy atom. The molecule has 0 aromatic rings. The highest BCUT2D eigenvalue weighted by Crippen LogP contribution is 1.91. The molecule has 0 rings (SSSR count). The zero-order valence-electron chi connectivity index (χ0n) is 6.43. The lowest BCUT2D eigenvalue weighted by Crippen LogP contribution is -2.34. The van der Waals surface area contributed by atoms with Gasteiger partial charge in [0.25, 0.3) is 6.43 Å². The van der Waals surface area contributed by atoms with Gasteiger partial charge in [-0.05, 0) is 6.92 Å². The summed E-state index contributed by atoms with van der Waals surface area (Å²) in [5, 5.41) is 11.1. The molecule has 0 saturated carbocycles. The molecule has 1 atom stereocenters. The van der Waals surface area contributed by atoms with Crippen molar-refractivity contribution in [2.45, 2.75) is 19.4 Å². The predicted molar refractivity (Wildman–Crippen MR) is 39.7 cm³/mol. The van der Waals surface area contributed by atoms with Gasteiger partial charge >= 0.3 is 0 Å². The number of aliphatic hydroxyl groups excluding tert-OH is 1. The molecule has 0 aromatic heterocycles. The van der Waals surface area contributed by atoms with Crippen LogP contribution >= 0.6 is 0 Å². The number of hydrogen-bond acceptors (Lipinski definition) is 2. The van der Waals surface area contributed by atoms with E-state index in [9.17, 15) is 8.78 Å². The zero-order chi connectivity index (χ0) is 8.69. The molecule has 66 valence electrons. The smallest absolute Gasteiger partial charge is 0.250 e. The summed E-state index contributed by atoms with van der Waals surface area (Å²) in [6.07, 6.45) is 0.983. The summed E-state index contributed by atoms with van der Waals surface area (Å²) in [6.45, 7) is 1.24. The van der Waals surface area contributed by atoms with Gasteiger partial charge < -0.3 is 10.4 Å². The first-order chi connectivity index (χ1) is 5.20. The molecular weight excluding hydrogens is 152 g/mol. The number of hydrogen-bond donors (Lipinski definition) is 2. The number of aliphatic hydroxyl groups is 1. The summed E-state index contributed by atoms with van der Waals surface area (Å²) in [6, 6.07) is -0.353. The van der Waals surface area contributed by atoms with Crippen LogP contribution in [-0.4, -0.2) is 30.7 Å². The van der Waals surface area contributed by atoms with E-state index in [4.69, 9.17) is 5.11 Å². The second-order valence-corrected chi connectivity index (χ2v) is 2.11. The first-order valence-electron chi connectivity index (χ1n) is 3.46. The van der Waals surface area contributed by atoms with Crippen LogP contribution < -0.4 is 5.32 Å². The van der Waals surface area contributed by atoms with Gasteiger partial charge in [0.15, 0.2) is 0 Å². The lowest BCUT2D eigenvalue weighted by molar-refractivity contribution is 0.138. The SMILES string of the molecule is C/C=C/C(CO)NCC(F)F. The maximum atomic E-state index is 11.6. The monoisotopic (exact) mass is 165 g/mol. The third-order valence-corrected chi connectivity index (χ3v) is 1.16. The van der Waals surface area contributed by atoms with Gasteiger partial charge in [0.05, 0.1) is 13.2 Å². The van der Waals surface area contributed by atoms with Crippen molar-refractivity contribution in [1.29, 1.82) is 0 Å². The molecule has 0 amide bonds. The average Bonchev–Trinajstić information content (AvgIpc) is 1.97. The van der Waals surface area contributed by atoms with E-state index in [1.807, 2.05) is 0 Å². The predicted octanol–water partition coefficient (Wildman–Crippen LogP) is 0.778. The lowest BCUT2D eigenvalue weighted by atomic mass is 10.3. The molecule has 2 nitrogen and oxygen atoms in total. The molecular formula is C7H13F2NO. The van der Waals surface area contributed by atoms with E-state index >= 15 is 0 Å². The van der Waals surface area contributed by atoms with Gasteiger partial charge in [0.1, 0.15) is 0 Å². The summed E-state index contributed by atoms with van der Waals surface area (Å²) in [4.78, 5) is 0. The summed E-state index contributed by atoms with van der Waals surface area (Å²) in [5.74, 6) is 0. The normalized spacial score (nSPS) is 14.6. The van der Waals surface area contributed by atoms with Gasteiger partial charge in [-0.2, -0.15) is 0 Å². The van der Waals surface area contributed by atoms with Crippen LogP contribution in [0.15, 0.2) is 12.2 Å². The van der Waals surface area contributed by atoms with Crippen LogP contribution in [0.25, 0.3) is 0 Å². The topological polar surface area (TPSA) is 32.3 Å². The van der Waals surface area contributed by atoms with E-state index in [0.29, 0.717) is 0 Å². The van der Waals surface area contributed by atoms with Gasteiger partial charge in [-0.3, -0.25) is 0 Å². The fourth-order valence-electron chi connectivity index (χ4n) is 0.666. The molecule has 0 fully saturated rings. The van der Waals surface area contributed by atoms with Crippen LogP contribution in [-0.2, 0) is 0 Å². The average molecular weight is 165 g/mol. The fraction of sp³-hybridized carbons (Fsp3) is 0.714. The van der Waals surface area contributed by atoms with Gasteiger partial charge in [-0.1, -0.05) is 12.2 Å². The van der Waals surface area contributed by atoms with Crippen molar-refractivity contribution < 1.29 is 13.9 Å². The van der Waals surface area contributed by atoms with E-state index in [1.54, 1.807) is 19.1 Å². The Labute approximate surface area is 64.9 Å². The second kappa shape index (κ2) is 6.24. The van der Waals surface area contributed by atoms with Gasteiger partial charge in [0.2, 0.25) is 0 Å². The molecule has 1 unspecified atom stereocenters. The molecule has 0 spiro atoms. The van der Waals surface area contributed by atoms with Crippen molar-refractivity contribution in [2.24, 2.45) is 0 Å². The van der Waals surface area contributed by atoms with Crippen molar-refractivity contribution >= 4 is 0 Å². The molecule has 11 heavy (non-hydrogen) atoms. The van der Waals surface area contributed by atoms with Crippen molar-refractivity contribution in [3.63, 3.8) is 0 Å². The molecule has 0 aromatic carbocycles. The Bertz CT molecular complexity index is 117. The number of allylic oxidation sites excluding steroid dienone is 1. The number of nitrogens with one attached hydrogen (secondary N) is 1. The summed E-state index contributed by atoms with van der Waals surface area (Å²) in [7, 11) is 0. The molecule has 0 aliphatic rings. The zero-order valence-corrected chi connectivity index (χ0v) is 6.43. The van der Waals surface area contributed by atoms with Crippen LogP contribution in [0.1, 0.15) is 6.92 Å². The Hall–Kier alpha value is -0.480. The van der Waals surface area contributed by atoms with Crippen molar-refractivity contribution in [2.75, 3.05) is 13.2 Å². The van der Waals surface area contributed by atoms with E-state index in [1.165, 1.54) is 0 Å². The maximum Gasteiger partial charge on any atom is 0.250 e. The maximum absolute atomic E-state index is 11.6. The highest BCUT2D eigenvalue weighted by atomic mass is 19.3. The summed E-state index contributed by atoms with van der Waals surface area (Å²) >= 11 is 0. The molecule has 4 heteroatoms. The van der Waals surface area contributed by atoms with E-state index in [-0.39, 0.29) is 19.2 Å². The van der Waals surface area contributed by atoms with Gasteiger partial charge in [-0.15, -0.1) is 0 Å². The minimum Gasteiger partial charge on any atom is -0.394 e. The van der Waals surface area contributed by atoms with Crippen molar-refractivity contribution in [1.82, 2.24) is 5.32 Å². The van der Waals surface area contributed by atoms with Crippen molar-refractivity contribution in [3.8, 4) is 0 Å². The Morgan fingerprint density at radius 1 is 1.55 bits per heavy atom. The minimum atomic E-state index is -2.37. The Balaban J connectivity index is 3.52. The number of rotatable bonds is 5. The van der Waals surface area contributed by atoms with Crippen LogP contribution in [0.5, 0.6) is 0 Å². The van der Waals surface area contributed by atoms with Crippen LogP contribution in [0.4, 0.5) is 8.78 Å². The quantitative estimate of drug-likeness (QED) is 0.590. The van der Waals surface area contributed by atoms with Crippen LogP contribution in [0.2, 0.25) is 0 Å². The third-order valence-electron chi connectivity index (χ3n) is 1.16. The molecule has 0 saturated heterocycles. The largest absolute Gasteiger partial charge is 0.394 e. The standard InChI is InChI=1S/C7H13F2NO/c1-2-3-6(5-11)10-4-7(8)9/h2-3,6-7,10-11H,4-5H2,1H3/b3-2+. The molecule has 0 radical (unpaired) electrons. The molecule has 0 aliphatic heterocycles. The molecule has 0 aliphatic carbocycles. The number of alkyl halides is 2. The molecule has 2 N–H and O–H groups in total. The van der Waals surface area contributed by atoms with Crippen LogP contribution in [0, 0.1) is 0 Å². The highest BCUT2D eigenvalue weighted by Gasteiger charge is 2.05. The highest BCUT2D eigenvalue weighted by molar-refractivity contribution is 4.90. The first kappa shape index (κ1) is 10.5. The Kier molecular flexibility index (Phi) is 5.97. The first-order valence-corrected chi connectivity index (χ1v) is 3.46. The number of halogens is 2. The summed E-state index contributed by atoms with van der Waals surface area (Å²) in [5.41, 5.74) is 0. The van der Waals surface area contributed by atoms with E-state index in [2.05, 4.69) is 5.32 Å². The second-order valence-electron chi connectivity index (χ2n) is 2.11. The van der Waals surface area contributed by atoms with E-state index < -0.39 is 6.43 Å². The minimum absolute atomic E-state index is 0.156.